The maximum atomic E-state index is 12.9. The summed E-state index contributed by atoms with van der Waals surface area (Å²) in [5.74, 6) is -1.63. The standard InChI is InChI=1S/C23H24ClF3N2O8/c1-5-28(22(31)34-12-13(2)3)37-21(30)14(4)35-20-11-16(7-8-18(20)29(32)33)36-19-9-6-15(10-17(19)24)23(25,26)27/h6-11,13-14H,5,12H2,1-4H3. The summed E-state index contributed by atoms with van der Waals surface area (Å²) in [6.07, 6.45) is -6.93. The van der Waals surface area contributed by atoms with Crippen molar-refractivity contribution in [2.75, 3.05) is 13.2 Å². The van der Waals surface area contributed by atoms with Gasteiger partial charge in [-0.3, -0.25) is 10.1 Å². The molecule has 2 aromatic rings. The van der Waals surface area contributed by atoms with E-state index in [9.17, 15) is 32.9 Å². The highest BCUT2D eigenvalue weighted by Gasteiger charge is 2.31. The number of hydrogen-bond acceptors (Lipinski definition) is 8. The Labute approximate surface area is 214 Å². The molecule has 0 saturated heterocycles. The van der Waals surface area contributed by atoms with E-state index in [0.717, 1.165) is 24.3 Å². The molecule has 37 heavy (non-hydrogen) atoms. The van der Waals surface area contributed by atoms with Crippen molar-refractivity contribution in [2.24, 2.45) is 5.92 Å². The van der Waals surface area contributed by atoms with Gasteiger partial charge in [0, 0.05) is 12.1 Å². The van der Waals surface area contributed by atoms with Gasteiger partial charge in [-0.05, 0) is 44.0 Å². The van der Waals surface area contributed by atoms with E-state index in [1.165, 1.54) is 19.9 Å². The van der Waals surface area contributed by atoms with E-state index in [2.05, 4.69) is 0 Å². The zero-order valence-electron chi connectivity index (χ0n) is 20.2. The summed E-state index contributed by atoms with van der Waals surface area (Å²) in [7, 11) is 0. The van der Waals surface area contributed by atoms with Crippen molar-refractivity contribution in [1.29, 1.82) is 0 Å². The van der Waals surface area contributed by atoms with E-state index >= 15 is 0 Å². The Bertz CT molecular complexity index is 1140. The van der Waals surface area contributed by atoms with Crippen molar-refractivity contribution in [2.45, 2.75) is 40.0 Å². The molecular formula is C23H24ClF3N2O8. The third kappa shape index (κ3) is 8.41. The fourth-order valence-corrected chi connectivity index (χ4v) is 2.87. The summed E-state index contributed by atoms with van der Waals surface area (Å²) >= 11 is 5.89. The van der Waals surface area contributed by atoms with E-state index in [0.29, 0.717) is 11.1 Å². The zero-order valence-corrected chi connectivity index (χ0v) is 21.0. The van der Waals surface area contributed by atoms with Crippen LogP contribution in [0.4, 0.5) is 23.7 Å². The first-order chi connectivity index (χ1) is 17.2. The number of rotatable bonds is 9. The molecule has 1 atom stereocenters. The van der Waals surface area contributed by atoms with Gasteiger partial charge in [0.2, 0.25) is 5.75 Å². The van der Waals surface area contributed by atoms with E-state index in [1.807, 2.05) is 13.8 Å². The average molecular weight is 549 g/mol. The minimum Gasteiger partial charge on any atom is -0.472 e. The Morgan fingerprint density at radius 3 is 2.32 bits per heavy atom. The SMILES string of the molecule is CCN(OC(=O)C(C)Oc1cc(Oc2ccc(C(F)(F)F)cc2Cl)ccc1[N+](=O)[O-])C(=O)OCC(C)C. The van der Waals surface area contributed by atoms with E-state index in [-0.39, 0.29) is 35.6 Å². The number of alkyl halides is 3. The molecule has 0 aromatic heterocycles. The van der Waals surface area contributed by atoms with E-state index in [4.69, 9.17) is 30.6 Å². The molecule has 0 heterocycles. The molecule has 0 aliphatic carbocycles. The van der Waals surface area contributed by atoms with E-state index in [1.54, 1.807) is 0 Å². The summed E-state index contributed by atoms with van der Waals surface area (Å²) in [4.78, 5) is 40.2. The quantitative estimate of drug-likeness (QED) is 0.261. The summed E-state index contributed by atoms with van der Waals surface area (Å²) in [5.41, 5.74) is -1.52. The number of hydroxylamine groups is 2. The highest BCUT2D eigenvalue weighted by molar-refractivity contribution is 6.32. The molecule has 0 bridgehead atoms. The van der Waals surface area contributed by atoms with Crippen LogP contribution in [0.25, 0.3) is 0 Å². The predicted molar refractivity (Wildman–Crippen MR) is 124 cm³/mol. The smallest absolute Gasteiger partial charge is 0.443 e. The van der Waals surface area contributed by atoms with Gasteiger partial charge in [0.1, 0.15) is 11.5 Å². The Kier molecular flexibility index (Phi) is 9.95. The molecule has 0 aliphatic heterocycles. The highest BCUT2D eigenvalue weighted by atomic mass is 35.5. The summed E-state index contributed by atoms with van der Waals surface area (Å²) in [5, 5.41) is 11.8. The Morgan fingerprint density at radius 2 is 1.78 bits per heavy atom. The lowest BCUT2D eigenvalue weighted by Gasteiger charge is -2.22. The molecule has 0 fully saturated rings. The third-order valence-electron chi connectivity index (χ3n) is 4.48. The van der Waals surface area contributed by atoms with Gasteiger partial charge in [-0.1, -0.05) is 25.4 Å². The van der Waals surface area contributed by atoms with Crippen molar-refractivity contribution < 1.29 is 46.7 Å². The number of halogens is 4. The molecule has 2 rings (SSSR count). The number of nitrogens with zero attached hydrogens (tertiary/aromatic N) is 2. The van der Waals surface area contributed by atoms with Gasteiger partial charge >= 0.3 is 23.9 Å². The lowest BCUT2D eigenvalue weighted by molar-refractivity contribution is -0.386. The highest BCUT2D eigenvalue weighted by Crippen LogP contribution is 2.38. The van der Waals surface area contributed by atoms with Gasteiger partial charge in [-0.2, -0.15) is 13.2 Å². The fourth-order valence-electron chi connectivity index (χ4n) is 2.65. The predicted octanol–water partition coefficient (Wildman–Crippen LogP) is 6.40. The monoisotopic (exact) mass is 548 g/mol. The summed E-state index contributed by atoms with van der Waals surface area (Å²) in [6, 6.07) is 5.67. The largest absolute Gasteiger partial charge is 0.472 e. The number of hydrogen-bond donors (Lipinski definition) is 0. The number of carbonyl (C=O) groups is 2. The number of amides is 1. The molecule has 14 heteroatoms. The first kappa shape index (κ1) is 29.5. The molecule has 0 saturated carbocycles. The molecular weight excluding hydrogens is 525 g/mol. The molecule has 1 amide bonds. The van der Waals surface area contributed by atoms with Crippen LogP contribution in [0.2, 0.25) is 5.02 Å². The van der Waals surface area contributed by atoms with Crippen LogP contribution in [0.3, 0.4) is 0 Å². The van der Waals surface area contributed by atoms with Crippen LogP contribution in [0.5, 0.6) is 17.2 Å². The van der Waals surface area contributed by atoms with Crippen LogP contribution in [-0.2, 0) is 20.5 Å². The topological polar surface area (TPSA) is 117 Å². The Balaban J connectivity index is 2.20. The maximum absolute atomic E-state index is 12.9. The molecule has 0 radical (unpaired) electrons. The minimum atomic E-state index is -4.61. The van der Waals surface area contributed by atoms with Gasteiger partial charge in [-0.25, -0.2) is 9.59 Å². The molecule has 1 unspecified atom stereocenters. The van der Waals surface area contributed by atoms with Crippen LogP contribution >= 0.6 is 11.6 Å². The molecule has 0 aliphatic rings. The van der Waals surface area contributed by atoms with Crippen LogP contribution in [-0.4, -0.2) is 41.3 Å². The van der Waals surface area contributed by atoms with Gasteiger partial charge < -0.3 is 19.0 Å². The second kappa shape index (κ2) is 12.5. The van der Waals surface area contributed by atoms with Gasteiger partial charge in [0.15, 0.2) is 6.10 Å². The minimum absolute atomic E-state index is 0.0350. The number of ether oxygens (including phenoxy) is 3. The first-order valence-corrected chi connectivity index (χ1v) is 11.3. The summed E-state index contributed by atoms with van der Waals surface area (Å²) < 4.78 is 54.4. The van der Waals surface area contributed by atoms with Gasteiger partial charge in [-0.15, -0.1) is 5.06 Å². The Hall–Kier alpha value is -3.74. The number of benzene rings is 2. The van der Waals surface area contributed by atoms with Gasteiger partial charge in [0.25, 0.3) is 0 Å². The van der Waals surface area contributed by atoms with Crippen molar-refractivity contribution in [3.63, 3.8) is 0 Å². The molecule has 0 N–H and O–H groups in total. The zero-order chi connectivity index (χ0) is 27.9. The number of nitro groups is 1. The lowest BCUT2D eigenvalue weighted by atomic mass is 10.2. The molecule has 10 nitrogen and oxygen atoms in total. The second-order valence-electron chi connectivity index (χ2n) is 7.97. The van der Waals surface area contributed by atoms with Crippen molar-refractivity contribution in [3.05, 3.63) is 57.1 Å². The average Bonchev–Trinajstić information content (AvgIpc) is 2.81. The number of nitro benzene ring substituents is 1. The normalized spacial score (nSPS) is 12.0. The van der Waals surface area contributed by atoms with Crippen LogP contribution in [0, 0.1) is 16.0 Å². The maximum Gasteiger partial charge on any atom is 0.443 e. The Morgan fingerprint density at radius 1 is 1.11 bits per heavy atom. The number of carbonyl (C=O) groups excluding carboxylic acids is 2. The lowest BCUT2D eigenvalue weighted by Crippen LogP contribution is -2.38. The molecule has 0 spiro atoms. The van der Waals surface area contributed by atoms with Crippen molar-refractivity contribution >= 4 is 29.4 Å². The van der Waals surface area contributed by atoms with E-state index < -0.39 is 46.3 Å². The van der Waals surface area contributed by atoms with Crippen molar-refractivity contribution in [1.82, 2.24) is 5.06 Å². The van der Waals surface area contributed by atoms with Gasteiger partial charge in [0.05, 0.1) is 28.7 Å². The van der Waals surface area contributed by atoms with Crippen LogP contribution in [0.1, 0.15) is 33.3 Å². The summed E-state index contributed by atoms with van der Waals surface area (Å²) in [6.45, 7) is 6.48. The van der Waals surface area contributed by atoms with Crippen molar-refractivity contribution in [3.8, 4) is 17.2 Å². The molecule has 202 valence electrons. The third-order valence-corrected chi connectivity index (χ3v) is 4.78. The van der Waals surface area contributed by atoms with Crippen LogP contribution in [0.15, 0.2) is 36.4 Å². The first-order valence-electron chi connectivity index (χ1n) is 10.9. The fraction of sp³-hybridized carbons (Fsp3) is 0.391. The molecule has 2 aromatic carbocycles. The second-order valence-corrected chi connectivity index (χ2v) is 8.37. The van der Waals surface area contributed by atoms with Crippen LogP contribution < -0.4 is 9.47 Å².